The Morgan fingerprint density at radius 1 is 1.00 bits per heavy atom. The molecule has 0 aromatic heterocycles. The highest BCUT2D eigenvalue weighted by Gasteiger charge is 2.34. The van der Waals surface area contributed by atoms with Gasteiger partial charge in [0.25, 0.3) is 0 Å². The molecule has 3 nitrogen and oxygen atoms in total. The number of nitrogens with two attached hydrogens (primary N) is 1. The van der Waals surface area contributed by atoms with Gasteiger partial charge < -0.3 is 15.6 Å². The maximum Gasteiger partial charge on any atom is 0.419 e. The molecule has 1 unspecified atom stereocenters. The second-order valence-electron chi connectivity index (χ2n) is 7.34. The van der Waals surface area contributed by atoms with Crippen LogP contribution in [0, 0.1) is 0 Å². The number of alkyl halides is 3. The Hall–Kier alpha value is -1.47. The highest BCUT2D eigenvalue weighted by molar-refractivity contribution is 6.42. The first kappa shape index (κ1) is 23.8. The molecule has 0 saturated carbocycles. The van der Waals surface area contributed by atoms with Crippen molar-refractivity contribution in [2.45, 2.75) is 44.3 Å². The summed E-state index contributed by atoms with van der Waals surface area (Å²) in [5, 5.41) is 10.1. The lowest BCUT2D eigenvalue weighted by atomic mass is 9.94. The predicted molar refractivity (Wildman–Crippen MR) is 110 cm³/mol. The minimum atomic E-state index is -4.53. The molecule has 0 spiro atoms. The number of ether oxygens (including phenoxy) is 1. The van der Waals surface area contributed by atoms with E-state index in [1.54, 1.807) is 25.1 Å². The molecule has 0 aliphatic rings. The summed E-state index contributed by atoms with van der Waals surface area (Å²) in [6.45, 7) is 1.55. The van der Waals surface area contributed by atoms with E-state index >= 15 is 0 Å². The first-order valence-corrected chi connectivity index (χ1v) is 9.94. The normalized spacial score (nSPS) is 13.9. The summed E-state index contributed by atoms with van der Waals surface area (Å²) in [7, 11) is 0. The van der Waals surface area contributed by atoms with Crippen LogP contribution in [0.2, 0.25) is 10.0 Å². The van der Waals surface area contributed by atoms with Crippen molar-refractivity contribution in [2.24, 2.45) is 5.73 Å². The van der Waals surface area contributed by atoms with Crippen molar-refractivity contribution < 1.29 is 23.0 Å². The van der Waals surface area contributed by atoms with Gasteiger partial charge in [-0.15, -0.1) is 0 Å². The molecule has 0 fully saturated rings. The molecule has 0 bridgehead atoms. The van der Waals surface area contributed by atoms with Crippen molar-refractivity contribution in [3.63, 3.8) is 0 Å². The largest absolute Gasteiger partial charge is 0.493 e. The third-order valence-corrected chi connectivity index (χ3v) is 5.29. The van der Waals surface area contributed by atoms with E-state index in [-0.39, 0.29) is 19.0 Å². The van der Waals surface area contributed by atoms with Crippen LogP contribution >= 0.6 is 23.2 Å². The number of benzene rings is 2. The van der Waals surface area contributed by atoms with Gasteiger partial charge in [-0.05, 0) is 68.0 Å². The Kier molecular flexibility index (Phi) is 8.23. The van der Waals surface area contributed by atoms with E-state index in [0.717, 1.165) is 11.6 Å². The molecular weight excluding hydrogens is 426 g/mol. The van der Waals surface area contributed by atoms with Crippen LogP contribution in [0.1, 0.15) is 36.5 Å². The highest BCUT2D eigenvalue weighted by atomic mass is 35.5. The topological polar surface area (TPSA) is 55.5 Å². The van der Waals surface area contributed by atoms with Gasteiger partial charge in [-0.2, -0.15) is 13.2 Å². The Labute approximate surface area is 178 Å². The third kappa shape index (κ3) is 7.37. The van der Waals surface area contributed by atoms with Crippen molar-refractivity contribution in [1.29, 1.82) is 0 Å². The Morgan fingerprint density at radius 3 is 2.28 bits per heavy atom. The number of aliphatic hydroxyl groups is 1. The quantitative estimate of drug-likeness (QED) is 0.485. The number of hydrogen-bond acceptors (Lipinski definition) is 3. The van der Waals surface area contributed by atoms with Crippen LogP contribution in [0.5, 0.6) is 5.75 Å². The number of rotatable bonds is 9. The fraction of sp³-hybridized carbons (Fsp3) is 0.429. The molecule has 160 valence electrons. The SMILES string of the molecule is CC(N)(CO)CCc1ccc(OCCCc2ccc(Cl)c(Cl)c2)c(C(F)(F)F)c1. The van der Waals surface area contributed by atoms with Crippen molar-refractivity contribution in [2.75, 3.05) is 13.2 Å². The lowest BCUT2D eigenvalue weighted by Crippen LogP contribution is -2.40. The second kappa shape index (κ2) is 10.0. The highest BCUT2D eigenvalue weighted by Crippen LogP contribution is 2.37. The van der Waals surface area contributed by atoms with Crippen LogP contribution in [-0.4, -0.2) is 23.9 Å². The molecular formula is C21H24Cl2F3NO2. The molecule has 3 N–H and O–H groups in total. The summed E-state index contributed by atoms with van der Waals surface area (Å²) in [6.07, 6.45) is -2.71. The Balaban J connectivity index is 2.00. The van der Waals surface area contributed by atoms with Crippen molar-refractivity contribution in [3.8, 4) is 5.75 Å². The van der Waals surface area contributed by atoms with Crippen molar-refractivity contribution in [1.82, 2.24) is 0 Å². The van der Waals surface area contributed by atoms with E-state index in [1.165, 1.54) is 6.07 Å². The van der Waals surface area contributed by atoms with Crippen LogP contribution in [0.15, 0.2) is 36.4 Å². The second-order valence-corrected chi connectivity index (χ2v) is 8.16. The maximum absolute atomic E-state index is 13.5. The van der Waals surface area contributed by atoms with Gasteiger partial charge in [0.05, 0.1) is 28.8 Å². The van der Waals surface area contributed by atoms with Gasteiger partial charge in [0, 0.05) is 5.54 Å². The molecule has 1 atom stereocenters. The summed E-state index contributed by atoms with van der Waals surface area (Å²) in [5.74, 6) is -0.201. The maximum atomic E-state index is 13.5. The molecule has 0 amide bonds. The number of aliphatic hydroxyl groups excluding tert-OH is 1. The zero-order valence-electron chi connectivity index (χ0n) is 16.0. The average molecular weight is 450 g/mol. The van der Waals surface area contributed by atoms with Crippen LogP contribution < -0.4 is 10.5 Å². The standard InChI is InChI=1S/C21H24Cl2F3NO2/c1-20(27,13-28)9-8-15-5-7-19(16(11-15)21(24,25)26)29-10-2-3-14-4-6-17(22)18(23)12-14/h4-7,11-12,28H,2-3,8-10,13,27H2,1H3. The summed E-state index contributed by atoms with van der Waals surface area (Å²) in [6, 6.07) is 9.26. The summed E-state index contributed by atoms with van der Waals surface area (Å²) < 4.78 is 45.8. The van der Waals surface area contributed by atoms with E-state index in [1.807, 2.05) is 6.07 Å². The van der Waals surface area contributed by atoms with Crippen molar-refractivity contribution >= 4 is 23.2 Å². The molecule has 2 aromatic rings. The number of halogens is 5. The van der Waals surface area contributed by atoms with Crippen LogP contribution in [-0.2, 0) is 19.0 Å². The smallest absolute Gasteiger partial charge is 0.419 e. The van der Waals surface area contributed by atoms with Gasteiger partial charge in [0.1, 0.15) is 5.75 Å². The Bertz CT molecular complexity index is 826. The lowest BCUT2D eigenvalue weighted by molar-refractivity contribution is -0.139. The van der Waals surface area contributed by atoms with E-state index in [0.29, 0.717) is 41.3 Å². The summed E-state index contributed by atoms with van der Waals surface area (Å²) >= 11 is 11.8. The van der Waals surface area contributed by atoms with E-state index in [2.05, 4.69) is 0 Å². The fourth-order valence-corrected chi connectivity index (χ4v) is 3.06. The van der Waals surface area contributed by atoms with Crippen LogP contribution in [0.25, 0.3) is 0 Å². The number of aryl methyl sites for hydroxylation is 2. The average Bonchev–Trinajstić information content (AvgIpc) is 2.66. The Morgan fingerprint density at radius 2 is 1.66 bits per heavy atom. The molecule has 2 aromatic carbocycles. The van der Waals surface area contributed by atoms with E-state index in [9.17, 15) is 18.3 Å². The zero-order valence-corrected chi connectivity index (χ0v) is 17.5. The van der Waals surface area contributed by atoms with Gasteiger partial charge in [-0.3, -0.25) is 0 Å². The molecule has 8 heteroatoms. The first-order chi connectivity index (χ1) is 13.5. The molecule has 0 heterocycles. The summed E-state index contributed by atoms with van der Waals surface area (Å²) in [5.41, 5.74) is 5.63. The fourth-order valence-electron chi connectivity index (χ4n) is 2.74. The molecule has 0 aliphatic carbocycles. The van der Waals surface area contributed by atoms with Crippen LogP contribution in [0.4, 0.5) is 13.2 Å². The monoisotopic (exact) mass is 449 g/mol. The minimum Gasteiger partial charge on any atom is -0.493 e. The molecule has 0 radical (unpaired) electrons. The molecule has 2 rings (SSSR count). The van der Waals surface area contributed by atoms with Gasteiger partial charge in [-0.25, -0.2) is 0 Å². The van der Waals surface area contributed by atoms with Gasteiger partial charge in [-0.1, -0.05) is 35.3 Å². The summed E-state index contributed by atoms with van der Waals surface area (Å²) in [4.78, 5) is 0. The minimum absolute atomic E-state index is 0.133. The third-order valence-electron chi connectivity index (χ3n) is 4.55. The zero-order chi connectivity index (χ0) is 21.7. The van der Waals surface area contributed by atoms with Gasteiger partial charge in [0.2, 0.25) is 0 Å². The molecule has 0 aliphatic heterocycles. The van der Waals surface area contributed by atoms with Gasteiger partial charge in [0.15, 0.2) is 0 Å². The molecule has 29 heavy (non-hydrogen) atoms. The van der Waals surface area contributed by atoms with Crippen LogP contribution in [0.3, 0.4) is 0 Å². The lowest BCUT2D eigenvalue weighted by Gasteiger charge is -2.22. The molecule has 0 saturated heterocycles. The van der Waals surface area contributed by atoms with E-state index in [4.69, 9.17) is 33.7 Å². The van der Waals surface area contributed by atoms with Gasteiger partial charge >= 0.3 is 6.18 Å². The predicted octanol–water partition coefficient (Wildman–Crippen LogP) is 5.67. The van der Waals surface area contributed by atoms with Crippen molar-refractivity contribution in [3.05, 3.63) is 63.1 Å². The first-order valence-electron chi connectivity index (χ1n) is 9.18. The van der Waals surface area contributed by atoms with E-state index < -0.39 is 17.3 Å². The number of hydrogen-bond donors (Lipinski definition) is 2.